The van der Waals surface area contributed by atoms with E-state index in [0.29, 0.717) is 12.4 Å². The van der Waals surface area contributed by atoms with Crippen LogP contribution in [0.5, 0.6) is 11.5 Å². The summed E-state index contributed by atoms with van der Waals surface area (Å²) in [6, 6.07) is 5.37. The van der Waals surface area contributed by atoms with Crippen LogP contribution in [0.4, 0.5) is 13.2 Å². The fourth-order valence-electron chi connectivity index (χ4n) is 1.55. The lowest BCUT2D eigenvalue weighted by atomic mass is 9.95. The lowest BCUT2D eigenvalue weighted by Crippen LogP contribution is -2.32. The van der Waals surface area contributed by atoms with Crippen LogP contribution in [0.25, 0.3) is 0 Å². The highest BCUT2D eigenvalue weighted by Crippen LogP contribution is 2.25. The molecular weight excluding hydrogens is 259 g/mol. The van der Waals surface area contributed by atoms with Gasteiger partial charge >= 0.3 is 6.36 Å². The van der Waals surface area contributed by atoms with Gasteiger partial charge in [-0.1, -0.05) is 13.8 Å². The van der Waals surface area contributed by atoms with Crippen LogP contribution in [-0.4, -0.2) is 26.6 Å². The molecule has 1 aromatic carbocycles. The van der Waals surface area contributed by atoms with Gasteiger partial charge in [-0.05, 0) is 31.3 Å². The van der Waals surface area contributed by atoms with Gasteiger partial charge in [0.1, 0.15) is 11.5 Å². The summed E-state index contributed by atoms with van der Waals surface area (Å²) < 4.78 is 45.2. The first-order valence-electron chi connectivity index (χ1n) is 5.85. The molecule has 0 amide bonds. The van der Waals surface area contributed by atoms with Gasteiger partial charge in [0, 0.05) is 12.0 Å². The molecule has 0 aromatic heterocycles. The minimum atomic E-state index is -4.67. The molecule has 6 heteroatoms. The third-order valence-corrected chi connectivity index (χ3v) is 2.34. The zero-order chi connectivity index (χ0) is 14.5. The van der Waals surface area contributed by atoms with E-state index in [0.717, 1.165) is 6.54 Å². The van der Waals surface area contributed by atoms with Gasteiger partial charge in [0.25, 0.3) is 0 Å². The molecule has 0 atom stereocenters. The molecule has 0 heterocycles. The van der Waals surface area contributed by atoms with Crippen molar-refractivity contribution in [3.05, 3.63) is 24.3 Å². The number of halogens is 3. The lowest BCUT2D eigenvalue weighted by Gasteiger charge is -2.24. The molecular formula is C13H18F3NO2. The van der Waals surface area contributed by atoms with Crippen molar-refractivity contribution < 1.29 is 22.6 Å². The Labute approximate surface area is 110 Å². The average molecular weight is 277 g/mol. The molecule has 108 valence electrons. The molecule has 0 spiro atoms. The van der Waals surface area contributed by atoms with Crippen molar-refractivity contribution in [1.82, 2.24) is 5.32 Å². The second-order valence-corrected chi connectivity index (χ2v) is 5.00. The Morgan fingerprint density at radius 2 is 1.58 bits per heavy atom. The van der Waals surface area contributed by atoms with Gasteiger partial charge in [-0.3, -0.25) is 0 Å². The first-order chi connectivity index (χ1) is 8.72. The van der Waals surface area contributed by atoms with Crippen LogP contribution in [0.1, 0.15) is 13.8 Å². The predicted octanol–water partition coefficient (Wildman–Crippen LogP) is 3.21. The third-order valence-electron chi connectivity index (χ3n) is 2.34. The maximum atomic E-state index is 12.0. The van der Waals surface area contributed by atoms with E-state index in [1.54, 1.807) is 0 Å². The topological polar surface area (TPSA) is 30.5 Å². The summed E-state index contributed by atoms with van der Waals surface area (Å²) >= 11 is 0. The molecule has 0 aliphatic carbocycles. The first kappa shape index (κ1) is 15.6. The number of alkyl halides is 3. The third kappa shape index (κ3) is 6.33. The molecule has 1 rings (SSSR count). The molecule has 0 unspecified atom stereocenters. The standard InChI is InChI=1S/C13H18F3NO2/c1-12(2,8-17-3)9-18-10-4-6-11(7-5-10)19-13(14,15)16/h4-7,17H,8-9H2,1-3H3. The van der Waals surface area contributed by atoms with Gasteiger partial charge in [0.15, 0.2) is 0 Å². The molecule has 0 aliphatic rings. The molecule has 0 bridgehead atoms. The highest BCUT2D eigenvalue weighted by atomic mass is 19.4. The summed E-state index contributed by atoms with van der Waals surface area (Å²) in [7, 11) is 1.85. The monoisotopic (exact) mass is 277 g/mol. The van der Waals surface area contributed by atoms with E-state index in [9.17, 15) is 13.2 Å². The number of benzene rings is 1. The van der Waals surface area contributed by atoms with Gasteiger partial charge in [0.05, 0.1) is 6.61 Å². The minimum Gasteiger partial charge on any atom is -0.493 e. The summed E-state index contributed by atoms with van der Waals surface area (Å²) in [4.78, 5) is 0. The minimum absolute atomic E-state index is 0.0596. The molecule has 1 aromatic rings. The molecule has 19 heavy (non-hydrogen) atoms. The number of hydrogen-bond acceptors (Lipinski definition) is 3. The Morgan fingerprint density at radius 3 is 2.05 bits per heavy atom. The Kier molecular flexibility index (Phi) is 5.05. The second kappa shape index (κ2) is 6.14. The van der Waals surface area contributed by atoms with E-state index < -0.39 is 6.36 Å². The summed E-state index contributed by atoms with van der Waals surface area (Å²) in [6.07, 6.45) is -4.67. The highest BCUT2D eigenvalue weighted by Gasteiger charge is 2.31. The quantitative estimate of drug-likeness (QED) is 0.866. The normalized spacial score (nSPS) is 12.3. The van der Waals surface area contributed by atoms with E-state index in [-0.39, 0.29) is 11.2 Å². The van der Waals surface area contributed by atoms with Crippen LogP contribution < -0.4 is 14.8 Å². The van der Waals surface area contributed by atoms with Crippen LogP contribution in [-0.2, 0) is 0 Å². The molecule has 1 N–H and O–H groups in total. The predicted molar refractivity (Wildman–Crippen MR) is 66.3 cm³/mol. The largest absolute Gasteiger partial charge is 0.573 e. The number of ether oxygens (including phenoxy) is 2. The number of hydrogen-bond donors (Lipinski definition) is 1. The summed E-state index contributed by atoms with van der Waals surface area (Å²) in [5, 5.41) is 3.05. The van der Waals surface area contributed by atoms with E-state index >= 15 is 0 Å². The van der Waals surface area contributed by atoms with Crippen molar-refractivity contribution in [3.63, 3.8) is 0 Å². The zero-order valence-electron chi connectivity index (χ0n) is 11.2. The van der Waals surface area contributed by atoms with E-state index in [4.69, 9.17) is 4.74 Å². The van der Waals surface area contributed by atoms with Crippen molar-refractivity contribution >= 4 is 0 Å². The van der Waals surface area contributed by atoms with Crippen LogP contribution in [0.2, 0.25) is 0 Å². The molecule has 0 fully saturated rings. The summed E-state index contributed by atoms with van der Waals surface area (Å²) in [5.41, 5.74) is -0.0596. The number of nitrogens with one attached hydrogen (secondary N) is 1. The number of rotatable bonds is 6. The maximum absolute atomic E-state index is 12.0. The lowest BCUT2D eigenvalue weighted by molar-refractivity contribution is -0.274. The van der Waals surface area contributed by atoms with Gasteiger partial charge in [-0.15, -0.1) is 13.2 Å². The Hall–Kier alpha value is -1.43. The molecule has 0 saturated carbocycles. The second-order valence-electron chi connectivity index (χ2n) is 5.00. The van der Waals surface area contributed by atoms with Crippen molar-refractivity contribution in [1.29, 1.82) is 0 Å². The first-order valence-corrected chi connectivity index (χ1v) is 5.85. The zero-order valence-corrected chi connectivity index (χ0v) is 11.2. The molecule has 0 aliphatic heterocycles. The fraction of sp³-hybridized carbons (Fsp3) is 0.538. The molecule has 3 nitrogen and oxygen atoms in total. The van der Waals surface area contributed by atoms with Crippen LogP contribution in [0.3, 0.4) is 0 Å². The highest BCUT2D eigenvalue weighted by molar-refractivity contribution is 5.31. The van der Waals surface area contributed by atoms with E-state index in [1.807, 2.05) is 20.9 Å². The summed E-state index contributed by atoms with van der Waals surface area (Å²) in [5.74, 6) is 0.257. The van der Waals surface area contributed by atoms with Gasteiger partial charge in [-0.2, -0.15) is 0 Å². The average Bonchev–Trinajstić information content (AvgIpc) is 2.26. The summed E-state index contributed by atoms with van der Waals surface area (Å²) in [6.45, 7) is 5.31. The van der Waals surface area contributed by atoms with E-state index in [2.05, 4.69) is 10.1 Å². The Balaban J connectivity index is 2.53. The van der Waals surface area contributed by atoms with Gasteiger partial charge in [-0.25, -0.2) is 0 Å². The van der Waals surface area contributed by atoms with Crippen LogP contribution in [0, 0.1) is 5.41 Å². The maximum Gasteiger partial charge on any atom is 0.573 e. The Morgan fingerprint density at radius 1 is 1.05 bits per heavy atom. The van der Waals surface area contributed by atoms with Crippen LogP contribution >= 0.6 is 0 Å². The molecule has 0 saturated heterocycles. The van der Waals surface area contributed by atoms with Crippen LogP contribution in [0.15, 0.2) is 24.3 Å². The Bertz CT molecular complexity index is 388. The van der Waals surface area contributed by atoms with Crippen molar-refractivity contribution in [2.75, 3.05) is 20.2 Å². The molecule has 0 radical (unpaired) electrons. The smallest absolute Gasteiger partial charge is 0.493 e. The SMILES string of the molecule is CNCC(C)(C)COc1ccc(OC(F)(F)F)cc1. The van der Waals surface area contributed by atoms with Gasteiger partial charge in [0.2, 0.25) is 0 Å². The van der Waals surface area contributed by atoms with Gasteiger partial charge < -0.3 is 14.8 Å². The van der Waals surface area contributed by atoms with Crippen molar-refractivity contribution in [2.24, 2.45) is 5.41 Å². The fourth-order valence-corrected chi connectivity index (χ4v) is 1.55. The van der Waals surface area contributed by atoms with Crippen molar-refractivity contribution in [3.8, 4) is 11.5 Å². The van der Waals surface area contributed by atoms with E-state index in [1.165, 1.54) is 24.3 Å². The van der Waals surface area contributed by atoms with Crippen molar-refractivity contribution in [2.45, 2.75) is 20.2 Å².